The number of hydrogen-bond donors (Lipinski definition) is 1. The molecule has 1 aliphatic carbocycles. The summed E-state index contributed by atoms with van der Waals surface area (Å²) in [6.07, 6.45) is 7.73. The Morgan fingerprint density at radius 1 is 1.33 bits per heavy atom. The van der Waals surface area contributed by atoms with E-state index in [2.05, 4.69) is 19.2 Å². The Bertz CT molecular complexity index is 444. The topological polar surface area (TPSA) is 52.7 Å². The Hall–Kier alpha value is -1.10. The largest absolute Gasteiger partial charge is 0.347 e. The minimum Gasteiger partial charge on any atom is -0.347 e. The van der Waals surface area contributed by atoms with Gasteiger partial charge in [-0.15, -0.1) is 0 Å². The third-order valence-electron chi connectivity index (χ3n) is 5.65. The van der Waals surface area contributed by atoms with Crippen molar-refractivity contribution in [2.24, 2.45) is 11.3 Å². The molecule has 1 heterocycles. The summed E-state index contributed by atoms with van der Waals surface area (Å²) in [4.78, 5) is 27.4. The van der Waals surface area contributed by atoms with Crippen LogP contribution in [0.3, 0.4) is 0 Å². The van der Waals surface area contributed by atoms with Crippen LogP contribution in [0.5, 0.6) is 0 Å². The lowest BCUT2D eigenvalue weighted by Gasteiger charge is -2.44. The Morgan fingerprint density at radius 3 is 2.58 bits per heavy atom. The van der Waals surface area contributed by atoms with Crippen LogP contribution in [0.1, 0.15) is 58.8 Å². The van der Waals surface area contributed by atoms with E-state index < -0.39 is 0 Å². The van der Waals surface area contributed by atoms with Crippen LogP contribution in [-0.4, -0.2) is 61.4 Å². The van der Waals surface area contributed by atoms with E-state index in [1.54, 1.807) is 23.9 Å². The maximum Gasteiger partial charge on any atom is 0.241 e. The van der Waals surface area contributed by atoms with E-state index >= 15 is 0 Å². The van der Waals surface area contributed by atoms with Crippen molar-refractivity contribution in [1.82, 2.24) is 15.1 Å². The van der Waals surface area contributed by atoms with Gasteiger partial charge in [0.1, 0.15) is 0 Å². The van der Waals surface area contributed by atoms with Gasteiger partial charge >= 0.3 is 0 Å². The second kappa shape index (κ2) is 8.32. The number of carbonyl (C=O) groups excluding carboxylic acids is 2. The van der Waals surface area contributed by atoms with Crippen LogP contribution in [-0.2, 0) is 9.59 Å². The van der Waals surface area contributed by atoms with Crippen molar-refractivity contribution in [3.8, 4) is 0 Å². The summed E-state index contributed by atoms with van der Waals surface area (Å²) in [5, 5.41) is 3.75. The third kappa shape index (κ3) is 5.20. The van der Waals surface area contributed by atoms with Gasteiger partial charge in [-0.3, -0.25) is 9.59 Å². The quantitative estimate of drug-likeness (QED) is 0.775. The van der Waals surface area contributed by atoms with Crippen LogP contribution in [0.15, 0.2) is 0 Å². The maximum absolute atomic E-state index is 12.3. The molecule has 138 valence electrons. The predicted molar refractivity (Wildman–Crippen MR) is 96.7 cm³/mol. The summed E-state index contributed by atoms with van der Waals surface area (Å²) in [5.74, 6) is 0.866. The molecule has 5 nitrogen and oxygen atoms in total. The minimum absolute atomic E-state index is 0.000105. The van der Waals surface area contributed by atoms with Gasteiger partial charge in [0.05, 0.1) is 6.54 Å². The zero-order chi connectivity index (χ0) is 17.7. The number of amides is 2. The number of carbonyl (C=O) groups is 2. The zero-order valence-corrected chi connectivity index (χ0v) is 15.9. The van der Waals surface area contributed by atoms with Gasteiger partial charge in [-0.2, -0.15) is 0 Å². The molecule has 2 rings (SSSR count). The first-order valence-electron chi connectivity index (χ1n) is 9.53. The maximum atomic E-state index is 12.3. The Balaban J connectivity index is 1.82. The summed E-state index contributed by atoms with van der Waals surface area (Å²) in [6.45, 7) is 6.61. The molecule has 2 aliphatic rings. The van der Waals surface area contributed by atoms with Gasteiger partial charge in [-0.25, -0.2) is 0 Å². The van der Waals surface area contributed by atoms with Crippen molar-refractivity contribution in [3.05, 3.63) is 0 Å². The molecule has 1 saturated heterocycles. The molecule has 2 amide bonds. The summed E-state index contributed by atoms with van der Waals surface area (Å²) >= 11 is 0. The molecular weight excluding hydrogens is 302 g/mol. The highest BCUT2D eigenvalue weighted by Crippen LogP contribution is 2.45. The van der Waals surface area contributed by atoms with Crippen LogP contribution in [0.25, 0.3) is 0 Å². The number of nitrogens with zero attached hydrogens (tertiary/aromatic N) is 2. The second-order valence-corrected chi connectivity index (χ2v) is 8.46. The summed E-state index contributed by atoms with van der Waals surface area (Å²) in [7, 11) is 3.48. The van der Waals surface area contributed by atoms with Crippen LogP contribution in [0.2, 0.25) is 0 Å². The van der Waals surface area contributed by atoms with Crippen LogP contribution in [0, 0.1) is 11.3 Å². The number of nitrogens with one attached hydrogen (secondary N) is 1. The number of rotatable bonds is 7. The van der Waals surface area contributed by atoms with E-state index in [0.717, 1.165) is 25.3 Å². The van der Waals surface area contributed by atoms with Crippen LogP contribution in [0.4, 0.5) is 0 Å². The van der Waals surface area contributed by atoms with Crippen molar-refractivity contribution in [3.63, 3.8) is 0 Å². The lowest BCUT2D eigenvalue weighted by Crippen LogP contribution is -2.45. The monoisotopic (exact) mass is 337 g/mol. The molecule has 0 spiro atoms. The Labute approximate surface area is 147 Å². The molecular formula is C19H35N3O2. The van der Waals surface area contributed by atoms with E-state index in [9.17, 15) is 9.59 Å². The van der Waals surface area contributed by atoms with Crippen molar-refractivity contribution in [2.45, 2.75) is 64.8 Å². The van der Waals surface area contributed by atoms with E-state index in [1.807, 2.05) is 0 Å². The molecule has 5 heteroatoms. The van der Waals surface area contributed by atoms with E-state index in [-0.39, 0.29) is 18.4 Å². The van der Waals surface area contributed by atoms with Crippen molar-refractivity contribution >= 4 is 11.8 Å². The van der Waals surface area contributed by atoms with Crippen molar-refractivity contribution < 1.29 is 9.59 Å². The zero-order valence-electron chi connectivity index (χ0n) is 15.9. The highest BCUT2D eigenvalue weighted by molar-refractivity contribution is 5.84. The van der Waals surface area contributed by atoms with Gasteiger partial charge in [0.2, 0.25) is 11.8 Å². The molecule has 2 fully saturated rings. The molecule has 0 aromatic rings. The fraction of sp³-hybridized carbons (Fsp3) is 0.895. The standard InChI is InChI=1S/C19H35N3O2/c1-15(2)12-19(9-5-10-19)14-20-16-6-7-17(23)22(11-8-16)13-18(24)21(3)4/h15-16,20H,5-14H2,1-4H3. The van der Waals surface area contributed by atoms with Gasteiger partial charge in [0.15, 0.2) is 0 Å². The minimum atomic E-state index is 0.000105. The van der Waals surface area contributed by atoms with Gasteiger partial charge in [0, 0.05) is 39.6 Å². The summed E-state index contributed by atoms with van der Waals surface area (Å²) in [5.41, 5.74) is 0.491. The fourth-order valence-electron chi connectivity index (χ4n) is 4.07. The molecule has 0 aromatic heterocycles. The van der Waals surface area contributed by atoms with Crippen molar-refractivity contribution in [2.75, 3.05) is 33.7 Å². The lowest BCUT2D eigenvalue weighted by molar-refractivity contribution is -0.138. The highest BCUT2D eigenvalue weighted by Gasteiger charge is 2.37. The summed E-state index contributed by atoms with van der Waals surface area (Å²) < 4.78 is 0. The normalized spacial score (nSPS) is 23.8. The van der Waals surface area contributed by atoms with Gasteiger partial charge in [-0.1, -0.05) is 20.3 Å². The Kier molecular flexibility index (Phi) is 6.67. The second-order valence-electron chi connectivity index (χ2n) is 8.46. The summed E-state index contributed by atoms with van der Waals surface area (Å²) in [6, 6.07) is 0.401. The lowest BCUT2D eigenvalue weighted by atomic mass is 9.64. The number of likely N-dealkylation sites (N-methyl/N-ethyl adjacent to an activating group) is 1. The third-order valence-corrected chi connectivity index (χ3v) is 5.65. The molecule has 24 heavy (non-hydrogen) atoms. The van der Waals surface area contributed by atoms with Gasteiger partial charge in [-0.05, 0) is 43.4 Å². The molecule has 1 unspecified atom stereocenters. The Morgan fingerprint density at radius 2 is 2.04 bits per heavy atom. The molecule has 0 bridgehead atoms. The van der Waals surface area contributed by atoms with Gasteiger partial charge in [0.25, 0.3) is 0 Å². The van der Waals surface area contributed by atoms with Crippen molar-refractivity contribution in [1.29, 1.82) is 0 Å². The average Bonchev–Trinajstić information content (AvgIpc) is 2.64. The van der Waals surface area contributed by atoms with Crippen LogP contribution < -0.4 is 5.32 Å². The molecule has 0 radical (unpaired) electrons. The van der Waals surface area contributed by atoms with E-state index in [1.165, 1.54) is 25.7 Å². The van der Waals surface area contributed by atoms with E-state index in [0.29, 0.717) is 24.4 Å². The van der Waals surface area contributed by atoms with Gasteiger partial charge < -0.3 is 15.1 Å². The first-order valence-corrected chi connectivity index (χ1v) is 9.53. The average molecular weight is 338 g/mol. The smallest absolute Gasteiger partial charge is 0.241 e. The first-order chi connectivity index (χ1) is 11.3. The van der Waals surface area contributed by atoms with E-state index in [4.69, 9.17) is 0 Å². The predicted octanol–water partition coefficient (Wildman–Crippen LogP) is 2.26. The molecule has 1 aliphatic heterocycles. The highest BCUT2D eigenvalue weighted by atomic mass is 16.2. The molecule has 1 saturated carbocycles. The number of hydrogen-bond acceptors (Lipinski definition) is 3. The SMILES string of the molecule is CC(C)CC1(CNC2CCC(=O)N(CC(=O)N(C)C)CC2)CCC1. The number of likely N-dealkylation sites (tertiary alicyclic amines) is 1. The van der Waals surface area contributed by atoms with Crippen LogP contribution >= 0.6 is 0 Å². The fourth-order valence-corrected chi connectivity index (χ4v) is 4.07. The molecule has 0 aromatic carbocycles. The molecule has 1 N–H and O–H groups in total. The first kappa shape index (κ1) is 19.2. The molecule has 1 atom stereocenters.